The molecule has 1 amide bonds. The van der Waals surface area contributed by atoms with E-state index < -0.39 is 23.6 Å². The molecule has 0 aliphatic carbocycles. The van der Waals surface area contributed by atoms with Gasteiger partial charge in [0.2, 0.25) is 0 Å². The lowest BCUT2D eigenvalue weighted by Gasteiger charge is -2.13. The molecule has 120 valence electrons. The lowest BCUT2D eigenvalue weighted by Crippen LogP contribution is -2.16. The second-order valence-electron chi connectivity index (χ2n) is 4.57. The molecule has 0 aliphatic rings. The van der Waals surface area contributed by atoms with Gasteiger partial charge in [-0.05, 0) is 36.4 Å². The number of benzene rings is 2. The molecule has 0 atom stereocenters. The van der Waals surface area contributed by atoms with E-state index in [2.05, 4.69) is 10.1 Å². The van der Waals surface area contributed by atoms with E-state index in [1.165, 1.54) is 49.6 Å². The number of halogens is 3. The van der Waals surface area contributed by atoms with Crippen LogP contribution in [0.2, 0.25) is 0 Å². The maximum atomic E-state index is 12.9. The standard InChI is InChI=1S/C16H12F3NO3/c1-23-15(22)11-8-6-10(7-9-11)14(21)20-13-5-3-2-4-12(13)16(17,18)19/h2-9H,1H3,(H,20,21). The van der Waals surface area contributed by atoms with Crippen molar-refractivity contribution in [3.05, 3.63) is 65.2 Å². The van der Waals surface area contributed by atoms with Crippen LogP contribution in [0.15, 0.2) is 48.5 Å². The predicted molar refractivity (Wildman–Crippen MR) is 77.2 cm³/mol. The van der Waals surface area contributed by atoms with E-state index in [9.17, 15) is 22.8 Å². The van der Waals surface area contributed by atoms with Crippen molar-refractivity contribution in [2.24, 2.45) is 0 Å². The van der Waals surface area contributed by atoms with Crippen LogP contribution in [0.4, 0.5) is 18.9 Å². The number of alkyl halides is 3. The van der Waals surface area contributed by atoms with Crippen LogP contribution in [-0.2, 0) is 10.9 Å². The van der Waals surface area contributed by atoms with Crippen LogP contribution in [0.5, 0.6) is 0 Å². The van der Waals surface area contributed by atoms with Crippen molar-refractivity contribution >= 4 is 17.6 Å². The zero-order chi connectivity index (χ0) is 17.0. The van der Waals surface area contributed by atoms with Gasteiger partial charge in [0.1, 0.15) is 0 Å². The molecule has 1 N–H and O–H groups in total. The van der Waals surface area contributed by atoms with Gasteiger partial charge in [-0.1, -0.05) is 12.1 Å². The molecule has 0 saturated carbocycles. The maximum absolute atomic E-state index is 12.9. The summed E-state index contributed by atoms with van der Waals surface area (Å²) in [7, 11) is 1.22. The van der Waals surface area contributed by atoms with Crippen LogP contribution in [0.25, 0.3) is 0 Å². The first-order valence-corrected chi connectivity index (χ1v) is 6.49. The minimum Gasteiger partial charge on any atom is -0.465 e. The Kier molecular flexibility index (Phi) is 4.68. The molecule has 0 saturated heterocycles. The van der Waals surface area contributed by atoms with Crippen LogP contribution in [0.1, 0.15) is 26.3 Å². The lowest BCUT2D eigenvalue weighted by atomic mass is 10.1. The van der Waals surface area contributed by atoms with Crippen LogP contribution in [0.3, 0.4) is 0 Å². The van der Waals surface area contributed by atoms with Gasteiger partial charge in [0.15, 0.2) is 0 Å². The number of hydrogen-bond donors (Lipinski definition) is 1. The fraction of sp³-hybridized carbons (Fsp3) is 0.125. The van der Waals surface area contributed by atoms with Crippen LogP contribution >= 0.6 is 0 Å². The lowest BCUT2D eigenvalue weighted by molar-refractivity contribution is -0.136. The quantitative estimate of drug-likeness (QED) is 0.875. The van der Waals surface area contributed by atoms with Gasteiger partial charge in [-0.2, -0.15) is 13.2 Å². The Balaban J connectivity index is 2.22. The zero-order valence-corrected chi connectivity index (χ0v) is 12.0. The first kappa shape index (κ1) is 16.5. The normalized spacial score (nSPS) is 11.0. The molecule has 4 nitrogen and oxygen atoms in total. The molecule has 0 fully saturated rings. The molecule has 23 heavy (non-hydrogen) atoms. The van der Waals surface area contributed by atoms with E-state index >= 15 is 0 Å². The number of carbonyl (C=O) groups is 2. The fourth-order valence-electron chi connectivity index (χ4n) is 1.91. The summed E-state index contributed by atoms with van der Waals surface area (Å²) < 4.78 is 43.2. The average molecular weight is 323 g/mol. The number of para-hydroxylation sites is 1. The van der Waals surface area contributed by atoms with Gasteiger partial charge < -0.3 is 10.1 Å². The van der Waals surface area contributed by atoms with Gasteiger partial charge in [0.05, 0.1) is 23.9 Å². The molecule has 0 aliphatic heterocycles. The second kappa shape index (κ2) is 6.51. The van der Waals surface area contributed by atoms with Crippen molar-refractivity contribution in [2.45, 2.75) is 6.18 Å². The highest BCUT2D eigenvalue weighted by molar-refractivity contribution is 6.05. The highest BCUT2D eigenvalue weighted by Crippen LogP contribution is 2.34. The van der Waals surface area contributed by atoms with Crippen LogP contribution in [0, 0.1) is 0 Å². The molecular weight excluding hydrogens is 311 g/mol. The smallest absolute Gasteiger partial charge is 0.418 e. The van der Waals surface area contributed by atoms with Crippen molar-refractivity contribution in [2.75, 3.05) is 12.4 Å². The Morgan fingerprint density at radius 2 is 1.52 bits per heavy atom. The Labute approximate surface area is 129 Å². The first-order chi connectivity index (χ1) is 10.8. The highest BCUT2D eigenvalue weighted by Gasteiger charge is 2.33. The number of hydrogen-bond acceptors (Lipinski definition) is 3. The Hall–Kier alpha value is -2.83. The summed E-state index contributed by atoms with van der Waals surface area (Å²) in [6.45, 7) is 0. The van der Waals surface area contributed by atoms with E-state index in [0.29, 0.717) is 0 Å². The zero-order valence-electron chi connectivity index (χ0n) is 12.0. The van der Waals surface area contributed by atoms with Gasteiger partial charge in [-0.25, -0.2) is 4.79 Å². The van der Waals surface area contributed by atoms with Gasteiger partial charge >= 0.3 is 12.1 Å². The third kappa shape index (κ3) is 3.88. The number of esters is 1. The second-order valence-corrected chi connectivity index (χ2v) is 4.57. The summed E-state index contributed by atoms with van der Waals surface area (Å²) >= 11 is 0. The average Bonchev–Trinajstić information content (AvgIpc) is 2.53. The first-order valence-electron chi connectivity index (χ1n) is 6.49. The monoisotopic (exact) mass is 323 g/mol. The van der Waals surface area contributed by atoms with Crippen LogP contribution < -0.4 is 5.32 Å². The summed E-state index contributed by atoms with van der Waals surface area (Å²) in [4.78, 5) is 23.3. The van der Waals surface area contributed by atoms with Gasteiger partial charge in [-0.3, -0.25) is 4.79 Å². The number of carbonyl (C=O) groups excluding carboxylic acids is 2. The molecule has 0 aromatic heterocycles. The maximum Gasteiger partial charge on any atom is 0.418 e. The molecule has 2 rings (SSSR count). The summed E-state index contributed by atoms with van der Waals surface area (Å²) in [5, 5.41) is 2.22. The van der Waals surface area contributed by atoms with Crippen molar-refractivity contribution in [1.29, 1.82) is 0 Å². The SMILES string of the molecule is COC(=O)c1ccc(C(=O)Nc2ccccc2C(F)(F)F)cc1. The Morgan fingerprint density at radius 3 is 2.09 bits per heavy atom. The molecule has 0 unspecified atom stereocenters. The Bertz CT molecular complexity index is 724. The third-order valence-corrected chi connectivity index (χ3v) is 3.05. The van der Waals surface area contributed by atoms with E-state index in [1.54, 1.807) is 0 Å². The topological polar surface area (TPSA) is 55.4 Å². The van der Waals surface area contributed by atoms with E-state index in [-0.39, 0.29) is 16.8 Å². The number of anilines is 1. The van der Waals surface area contributed by atoms with Crippen molar-refractivity contribution in [3.8, 4) is 0 Å². The Morgan fingerprint density at radius 1 is 0.957 bits per heavy atom. The molecule has 0 spiro atoms. The molecule has 7 heteroatoms. The van der Waals surface area contributed by atoms with Crippen molar-refractivity contribution < 1.29 is 27.5 Å². The van der Waals surface area contributed by atoms with E-state index in [0.717, 1.165) is 6.07 Å². The van der Waals surface area contributed by atoms with Crippen LogP contribution in [-0.4, -0.2) is 19.0 Å². The highest BCUT2D eigenvalue weighted by atomic mass is 19.4. The largest absolute Gasteiger partial charge is 0.465 e. The molecule has 0 bridgehead atoms. The number of methoxy groups -OCH3 is 1. The molecule has 0 radical (unpaired) electrons. The minimum atomic E-state index is -4.57. The summed E-state index contributed by atoms with van der Waals surface area (Å²) in [5.74, 6) is -1.28. The molecule has 2 aromatic carbocycles. The number of amides is 1. The number of rotatable bonds is 3. The fourth-order valence-corrected chi connectivity index (χ4v) is 1.91. The summed E-state index contributed by atoms with van der Waals surface area (Å²) in [6.07, 6.45) is -4.57. The third-order valence-electron chi connectivity index (χ3n) is 3.05. The number of ether oxygens (including phenoxy) is 1. The van der Waals surface area contributed by atoms with Gasteiger partial charge in [-0.15, -0.1) is 0 Å². The minimum absolute atomic E-state index is 0.120. The molecule has 2 aromatic rings. The predicted octanol–water partition coefficient (Wildman–Crippen LogP) is 3.74. The van der Waals surface area contributed by atoms with Gasteiger partial charge in [0, 0.05) is 5.56 Å². The van der Waals surface area contributed by atoms with E-state index in [4.69, 9.17) is 0 Å². The van der Waals surface area contributed by atoms with E-state index in [1.807, 2.05) is 0 Å². The van der Waals surface area contributed by atoms with Gasteiger partial charge in [0.25, 0.3) is 5.91 Å². The number of nitrogens with one attached hydrogen (secondary N) is 1. The van der Waals surface area contributed by atoms with Crippen molar-refractivity contribution in [3.63, 3.8) is 0 Å². The molecular formula is C16H12F3NO3. The summed E-state index contributed by atoms with van der Waals surface area (Å²) in [6, 6.07) is 10.1. The summed E-state index contributed by atoms with van der Waals surface area (Å²) in [5.41, 5.74) is -0.907. The molecule has 0 heterocycles. The van der Waals surface area contributed by atoms with Crippen molar-refractivity contribution in [1.82, 2.24) is 0 Å².